The van der Waals surface area contributed by atoms with E-state index in [-0.39, 0.29) is 17.3 Å². The van der Waals surface area contributed by atoms with E-state index in [2.05, 4.69) is 9.80 Å². The predicted octanol–water partition coefficient (Wildman–Crippen LogP) is 4.62. The van der Waals surface area contributed by atoms with Gasteiger partial charge in [0.25, 0.3) is 11.5 Å². The maximum absolute atomic E-state index is 13.8. The van der Waals surface area contributed by atoms with Crippen LogP contribution in [0.25, 0.3) is 11.7 Å². The van der Waals surface area contributed by atoms with Crippen LogP contribution in [0.1, 0.15) is 11.1 Å². The summed E-state index contributed by atoms with van der Waals surface area (Å²) in [5, 5.41) is 0. The van der Waals surface area contributed by atoms with Crippen molar-refractivity contribution in [3.8, 4) is 11.5 Å². The van der Waals surface area contributed by atoms with Gasteiger partial charge >= 0.3 is 0 Å². The molecule has 12 heteroatoms. The Hall–Kier alpha value is -4.42. The van der Waals surface area contributed by atoms with E-state index in [1.54, 1.807) is 55.7 Å². The summed E-state index contributed by atoms with van der Waals surface area (Å²) in [6.07, 6.45) is 3.86. The number of thiocarbonyl (C=S) groups is 1. The minimum atomic E-state index is -0.274. The molecule has 0 bridgehead atoms. The number of methoxy groups -OCH3 is 2. The Morgan fingerprint density at radius 2 is 1.68 bits per heavy atom. The number of benzene rings is 2. The number of piperazine rings is 1. The van der Waals surface area contributed by atoms with Crippen molar-refractivity contribution in [1.82, 2.24) is 14.3 Å². The van der Waals surface area contributed by atoms with Gasteiger partial charge in [0, 0.05) is 44.6 Å². The molecular formula is C32H30FN5O4S2. The number of hydrogen-bond acceptors (Lipinski definition) is 9. The molecule has 0 spiro atoms. The van der Waals surface area contributed by atoms with Gasteiger partial charge in [-0.15, -0.1) is 0 Å². The first kappa shape index (κ1) is 29.6. The number of nitrogens with zero attached hydrogens (tertiary/aromatic N) is 5. The zero-order valence-corrected chi connectivity index (χ0v) is 25.9. The monoisotopic (exact) mass is 631 g/mol. The van der Waals surface area contributed by atoms with Crippen molar-refractivity contribution < 1.29 is 18.7 Å². The van der Waals surface area contributed by atoms with Gasteiger partial charge in [0.1, 0.15) is 21.6 Å². The SMILES string of the molecule is COc1ccc(CCN2C(=O)/C(=C\c3c(N4CCN(c5ccc(F)cc5)CC4)nc4ccccn4c3=O)SC2=S)cc1OC. The van der Waals surface area contributed by atoms with Crippen LogP contribution in [-0.4, -0.2) is 71.5 Å². The molecule has 2 aromatic heterocycles. The maximum atomic E-state index is 13.8. The lowest BCUT2D eigenvalue weighted by Crippen LogP contribution is -2.47. The number of fused-ring (bicyclic) bond motifs is 1. The summed E-state index contributed by atoms with van der Waals surface area (Å²) >= 11 is 6.78. The van der Waals surface area contributed by atoms with E-state index in [4.69, 9.17) is 26.7 Å². The van der Waals surface area contributed by atoms with Gasteiger partial charge in [0.2, 0.25) is 0 Å². The topological polar surface area (TPSA) is 79.6 Å². The molecule has 0 unspecified atom stereocenters. The summed E-state index contributed by atoms with van der Waals surface area (Å²) in [7, 11) is 3.17. The van der Waals surface area contributed by atoms with Gasteiger partial charge in [0.05, 0.1) is 24.7 Å². The molecule has 2 aromatic carbocycles. The third-order valence-corrected chi connectivity index (χ3v) is 9.12. The molecule has 0 radical (unpaired) electrons. The molecule has 2 saturated heterocycles. The highest BCUT2D eigenvalue weighted by atomic mass is 32.2. The lowest BCUT2D eigenvalue weighted by molar-refractivity contribution is -0.122. The molecule has 2 aliphatic heterocycles. The first-order valence-electron chi connectivity index (χ1n) is 14.1. The number of aromatic nitrogens is 2. The highest BCUT2D eigenvalue weighted by molar-refractivity contribution is 8.26. The van der Waals surface area contributed by atoms with Crippen molar-refractivity contribution >= 4 is 57.4 Å². The summed E-state index contributed by atoms with van der Waals surface area (Å²) < 4.78 is 26.1. The van der Waals surface area contributed by atoms with Crippen molar-refractivity contribution in [2.45, 2.75) is 6.42 Å². The second-order valence-electron chi connectivity index (χ2n) is 10.3. The highest BCUT2D eigenvalue weighted by Crippen LogP contribution is 2.34. The predicted molar refractivity (Wildman–Crippen MR) is 175 cm³/mol. The Kier molecular flexibility index (Phi) is 8.53. The quantitative estimate of drug-likeness (QED) is 0.205. The molecule has 2 fully saturated rings. The Labute approximate surface area is 263 Å². The standard InChI is InChI=1S/C32H30FN5O4S2/c1-41-25-11-6-21(19-26(25)42-2)12-14-38-31(40)27(44-32(38)43)20-24-29(34-28-5-3-4-13-37(28)30(24)39)36-17-15-35(16-18-36)23-9-7-22(33)8-10-23/h3-11,13,19-20H,12,14-18H2,1-2H3/b27-20+. The number of rotatable bonds is 8. The van der Waals surface area contributed by atoms with Crippen molar-refractivity contribution in [3.05, 3.63) is 99.1 Å². The smallest absolute Gasteiger partial charge is 0.267 e. The Morgan fingerprint density at radius 1 is 0.955 bits per heavy atom. The molecule has 9 nitrogen and oxygen atoms in total. The van der Waals surface area contributed by atoms with Gasteiger partial charge in [-0.25, -0.2) is 9.37 Å². The molecule has 226 valence electrons. The van der Waals surface area contributed by atoms with Gasteiger partial charge in [0.15, 0.2) is 11.5 Å². The number of carbonyl (C=O) groups is 1. The third kappa shape index (κ3) is 5.87. The fourth-order valence-electron chi connectivity index (χ4n) is 5.39. The van der Waals surface area contributed by atoms with Crippen LogP contribution in [0, 0.1) is 5.82 Å². The van der Waals surface area contributed by atoms with Crippen LogP contribution < -0.4 is 24.8 Å². The number of pyridine rings is 1. The zero-order chi connectivity index (χ0) is 30.8. The first-order valence-corrected chi connectivity index (χ1v) is 15.3. The summed E-state index contributed by atoms with van der Waals surface area (Å²) in [6, 6.07) is 17.5. The normalized spacial score (nSPS) is 16.3. The second kappa shape index (κ2) is 12.7. The van der Waals surface area contributed by atoms with E-state index >= 15 is 0 Å². The van der Waals surface area contributed by atoms with Gasteiger partial charge < -0.3 is 19.3 Å². The van der Waals surface area contributed by atoms with Crippen molar-refractivity contribution in [2.75, 3.05) is 56.7 Å². The number of thioether (sulfide) groups is 1. The number of carbonyl (C=O) groups excluding carboxylic acids is 1. The van der Waals surface area contributed by atoms with Crippen LogP contribution in [0.2, 0.25) is 0 Å². The molecule has 0 atom stereocenters. The van der Waals surface area contributed by atoms with Gasteiger partial charge in [-0.3, -0.25) is 18.9 Å². The van der Waals surface area contributed by atoms with E-state index in [1.807, 2.05) is 24.3 Å². The number of anilines is 2. The van der Waals surface area contributed by atoms with Crippen molar-refractivity contribution in [2.24, 2.45) is 0 Å². The molecule has 4 aromatic rings. The third-order valence-electron chi connectivity index (χ3n) is 7.74. The van der Waals surface area contributed by atoms with Crippen LogP contribution in [0.4, 0.5) is 15.9 Å². The Balaban J connectivity index is 1.26. The van der Waals surface area contributed by atoms with Gasteiger partial charge in [-0.05, 0) is 66.6 Å². The number of ether oxygens (including phenoxy) is 2. The van der Waals surface area contributed by atoms with Crippen molar-refractivity contribution in [3.63, 3.8) is 0 Å². The van der Waals surface area contributed by atoms with E-state index in [9.17, 15) is 14.0 Å². The molecule has 4 heterocycles. The minimum absolute atomic E-state index is 0.245. The zero-order valence-electron chi connectivity index (χ0n) is 24.2. The largest absolute Gasteiger partial charge is 0.493 e. The van der Waals surface area contributed by atoms with Crippen LogP contribution in [0.5, 0.6) is 11.5 Å². The van der Waals surface area contributed by atoms with Crippen LogP contribution in [0.15, 0.2) is 76.6 Å². The number of hydrogen-bond donors (Lipinski definition) is 0. The van der Waals surface area contributed by atoms with Crippen LogP contribution in [-0.2, 0) is 11.2 Å². The summed E-state index contributed by atoms with van der Waals surface area (Å²) in [6.45, 7) is 2.91. The average Bonchev–Trinajstić information content (AvgIpc) is 3.32. The van der Waals surface area contributed by atoms with E-state index in [0.717, 1.165) is 11.3 Å². The van der Waals surface area contributed by atoms with Crippen molar-refractivity contribution in [1.29, 1.82) is 0 Å². The summed E-state index contributed by atoms with van der Waals surface area (Å²) in [4.78, 5) is 38.4. The molecule has 44 heavy (non-hydrogen) atoms. The van der Waals surface area contributed by atoms with E-state index in [1.165, 1.54) is 28.3 Å². The van der Waals surface area contributed by atoms with Crippen LogP contribution in [0.3, 0.4) is 0 Å². The van der Waals surface area contributed by atoms with Gasteiger partial charge in [-0.1, -0.05) is 36.1 Å². The van der Waals surface area contributed by atoms with Crippen LogP contribution >= 0.6 is 24.0 Å². The summed E-state index contributed by atoms with van der Waals surface area (Å²) in [5.41, 5.74) is 2.51. The van der Waals surface area contributed by atoms with E-state index in [0.29, 0.717) is 76.9 Å². The van der Waals surface area contributed by atoms with Gasteiger partial charge in [-0.2, -0.15) is 0 Å². The molecule has 1 amide bonds. The minimum Gasteiger partial charge on any atom is -0.493 e. The van der Waals surface area contributed by atoms with E-state index < -0.39 is 0 Å². The average molecular weight is 632 g/mol. The molecule has 2 aliphatic rings. The molecular weight excluding hydrogens is 602 g/mol. The number of amides is 1. The lowest BCUT2D eigenvalue weighted by atomic mass is 10.1. The fraction of sp³-hybridized carbons (Fsp3) is 0.250. The fourth-order valence-corrected chi connectivity index (χ4v) is 6.68. The Morgan fingerprint density at radius 3 is 2.41 bits per heavy atom. The maximum Gasteiger partial charge on any atom is 0.267 e. The molecule has 0 saturated carbocycles. The molecule has 0 aliphatic carbocycles. The molecule has 6 rings (SSSR count). The lowest BCUT2D eigenvalue weighted by Gasteiger charge is -2.37. The molecule has 0 N–H and O–H groups in total. The first-order chi connectivity index (χ1) is 21.4. The highest BCUT2D eigenvalue weighted by Gasteiger charge is 2.33. The second-order valence-corrected chi connectivity index (χ2v) is 12.0. The number of halogens is 1. The Bertz CT molecular complexity index is 1820. The summed E-state index contributed by atoms with van der Waals surface area (Å²) in [5.74, 6) is 1.25.